The smallest absolute Gasteiger partial charge is 0.214 e. The largest absolute Gasteiger partial charge is 0.292 e. The van der Waals surface area contributed by atoms with Crippen molar-refractivity contribution in [3.8, 4) is 5.69 Å². The first-order valence-corrected chi connectivity index (χ1v) is 9.14. The Morgan fingerprint density at radius 1 is 1.26 bits per heavy atom. The SMILES string of the molecule is CCc1ccc(C(=O)CSc2nnnn2-c2ccc(Cl)cc2)s1. The molecular formula is C15H13ClN4OS2. The fourth-order valence-corrected chi connectivity index (χ4v) is 3.81. The molecule has 0 radical (unpaired) electrons. The van der Waals surface area contributed by atoms with Crippen LogP contribution in [-0.4, -0.2) is 31.7 Å². The molecule has 0 fully saturated rings. The summed E-state index contributed by atoms with van der Waals surface area (Å²) in [5.41, 5.74) is 0.804. The average Bonchev–Trinajstić information content (AvgIpc) is 3.22. The second kappa shape index (κ2) is 7.25. The lowest BCUT2D eigenvalue weighted by molar-refractivity contribution is 0.102. The van der Waals surface area contributed by atoms with E-state index in [0.717, 1.165) is 17.0 Å². The molecular weight excluding hydrogens is 352 g/mol. The molecule has 0 N–H and O–H groups in total. The van der Waals surface area contributed by atoms with Crippen molar-refractivity contribution in [3.05, 3.63) is 51.2 Å². The number of carbonyl (C=O) groups excluding carboxylic acids is 1. The molecule has 0 unspecified atom stereocenters. The highest BCUT2D eigenvalue weighted by molar-refractivity contribution is 7.99. The predicted molar refractivity (Wildman–Crippen MR) is 92.9 cm³/mol. The van der Waals surface area contributed by atoms with Gasteiger partial charge in [-0.05, 0) is 53.2 Å². The number of benzene rings is 1. The van der Waals surface area contributed by atoms with Gasteiger partial charge in [0, 0.05) is 9.90 Å². The van der Waals surface area contributed by atoms with Crippen LogP contribution in [0.5, 0.6) is 0 Å². The van der Waals surface area contributed by atoms with Gasteiger partial charge in [0.25, 0.3) is 0 Å². The van der Waals surface area contributed by atoms with Crippen LogP contribution in [0.2, 0.25) is 5.02 Å². The fourth-order valence-electron chi connectivity index (χ4n) is 1.93. The molecule has 8 heteroatoms. The minimum Gasteiger partial charge on any atom is -0.292 e. The standard InChI is InChI=1S/C15H13ClN4OS2/c1-2-12-7-8-14(23-12)13(21)9-22-15-17-18-19-20(15)11-5-3-10(16)4-6-11/h3-8H,2,9H2,1H3. The molecule has 1 aromatic carbocycles. The van der Waals surface area contributed by atoms with Crippen molar-refractivity contribution < 1.29 is 4.79 Å². The third kappa shape index (κ3) is 3.80. The first kappa shape index (κ1) is 16.2. The maximum Gasteiger partial charge on any atom is 0.214 e. The molecule has 0 saturated heterocycles. The summed E-state index contributed by atoms with van der Waals surface area (Å²) in [5.74, 6) is 0.391. The van der Waals surface area contributed by atoms with E-state index in [1.165, 1.54) is 16.6 Å². The Hall–Kier alpha value is -1.70. The molecule has 0 aliphatic carbocycles. The van der Waals surface area contributed by atoms with Gasteiger partial charge in [-0.3, -0.25) is 4.79 Å². The Morgan fingerprint density at radius 2 is 2.04 bits per heavy atom. The predicted octanol–water partition coefficient (Wildman–Crippen LogP) is 3.91. The molecule has 0 aliphatic rings. The van der Waals surface area contributed by atoms with Gasteiger partial charge in [0.15, 0.2) is 5.78 Å². The number of halogens is 1. The number of hydrogen-bond donors (Lipinski definition) is 0. The Bertz CT molecular complexity index is 813. The number of carbonyl (C=O) groups is 1. The highest BCUT2D eigenvalue weighted by Crippen LogP contribution is 2.23. The van der Waals surface area contributed by atoms with Crippen LogP contribution in [0.25, 0.3) is 5.69 Å². The third-order valence-electron chi connectivity index (χ3n) is 3.13. The fraction of sp³-hybridized carbons (Fsp3) is 0.200. The number of Topliss-reactive ketones (excluding diaryl/α,β-unsaturated/α-hetero) is 1. The Balaban J connectivity index is 1.70. The summed E-state index contributed by atoms with van der Waals surface area (Å²) in [5, 5.41) is 12.9. The van der Waals surface area contributed by atoms with Crippen LogP contribution in [0.15, 0.2) is 41.6 Å². The van der Waals surface area contributed by atoms with Crippen molar-refractivity contribution in [1.29, 1.82) is 0 Å². The van der Waals surface area contributed by atoms with Gasteiger partial charge in [0.05, 0.1) is 16.3 Å². The lowest BCUT2D eigenvalue weighted by Gasteiger charge is -2.03. The van der Waals surface area contributed by atoms with Crippen LogP contribution in [0.1, 0.15) is 21.5 Å². The van der Waals surface area contributed by atoms with Crippen molar-refractivity contribution in [2.75, 3.05) is 5.75 Å². The summed E-state index contributed by atoms with van der Waals surface area (Å²) < 4.78 is 1.60. The first-order valence-electron chi connectivity index (χ1n) is 6.96. The van der Waals surface area contributed by atoms with E-state index in [1.807, 2.05) is 24.3 Å². The number of aromatic nitrogens is 4. The minimum atomic E-state index is 0.0883. The maximum absolute atomic E-state index is 12.3. The molecule has 3 rings (SSSR count). The second-order valence-corrected chi connectivity index (χ2v) is 7.23. The number of aryl methyl sites for hydroxylation is 1. The summed E-state index contributed by atoms with van der Waals surface area (Å²) in [6.07, 6.45) is 0.944. The zero-order chi connectivity index (χ0) is 16.2. The number of nitrogens with zero attached hydrogens (tertiary/aromatic N) is 4. The quantitative estimate of drug-likeness (QED) is 0.490. The highest BCUT2D eigenvalue weighted by Gasteiger charge is 2.14. The van der Waals surface area contributed by atoms with Crippen molar-refractivity contribution in [2.24, 2.45) is 0 Å². The van der Waals surface area contributed by atoms with E-state index < -0.39 is 0 Å². The van der Waals surface area contributed by atoms with Gasteiger partial charge in [-0.2, -0.15) is 4.68 Å². The molecule has 3 aromatic rings. The Labute approximate surface area is 146 Å². The van der Waals surface area contributed by atoms with Crippen LogP contribution in [-0.2, 0) is 6.42 Å². The summed E-state index contributed by atoms with van der Waals surface area (Å²) in [7, 11) is 0. The van der Waals surface area contributed by atoms with Crippen molar-refractivity contribution in [3.63, 3.8) is 0 Å². The number of ketones is 1. The topological polar surface area (TPSA) is 60.7 Å². The molecule has 0 amide bonds. The molecule has 118 valence electrons. The average molecular weight is 365 g/mol. The Morgan fingerprint density at radius 3 is 2.74 bits per heavy atom. The normalized spacial score (nSPS) is 10.9. The number of thioether (sulfide) groups is 1. The van der Waals surface area contributed by atoms with Crippen LogP contribution >= 0.6 is 34.7 Å². The maximum atomic E-state index is 12.3. The van der Waals surface area contributed by atoms with Crippen molar-refractivity contribution >= 4 is 40.5 Å². The van der Waals surface area contributed by atoms with Crippen LogP contribution in [0, 0.1) is 0 Å². The zero-order valence-electron chi connectivity index (χ0n) is 12.3. The molecule has 0 atom stereocenters. The molecule has 0 bridgehead atoms. The first-order chi connectivity index (χ1) is 11.2. The van der Waals surface area contributed by atoms with E-state index in [1.54, 1.807) is 28.2 Å². The van der Waals surface area contributed by atoms with Crippen molar-refractivity contribution in [2.45, 2.75) is 18.5 Å². The van der Waals surface area contributed by atoms with E-state index in [4.69, 9.17) is 11.6 Å². The van der Waals surface area contributed by atoms with E-state index in [-0.39, 0.29) is 5.78 Å². The monoisotopic (exact) mass is 364 g/mol. The molecule has 0 spiro atoms. The van der Waals surface area contributed by atoms with Gasteiger partial charge in [-0.25, -0.2) is 0 Å². The van der Waals surface area contributed by atoms with Gasteiger partial charge in [-0.15, -0.1) is 16.4 Å². The Kier molecular flexibility index (Phi) is 5.09. The van der Waals surface area contributed by atoms with Gasteiger partial charge in [-0.1, -0.05) is 30.3 Å². The lowest BCUT2D eigenvalue weighted by atomic mass is 10.3. The van der Waals surface area contributed by atoms with Crippen molar-refractivity contribution in [1.82, 2.24) is 20.2 Å². The number of rotatable bonds is 6. The summed E-state index contributed by atoms with van der Waals surface area (Å²) in [6.45, 7) is 2.08. The molecule has 2 heterocycles. The number of thiophene rings is 1. The van der Waals surface area contributed by atoms with Gasteiger partial charge in [0.2, 0.25) is 5.16 Å². The number of hydrogen-bond acceptors (Lipinski definition) is 6. The van der Waals surface area contributed by atoms with Gasteiger partial charge >= 0.3 is 0 Å². The molecule has 23 heavy (non-hydrogen) atoms. The third-order valence-corrected chi connectivity index (χ3v) is 5.57. The van der Waals surface area contributed by atoms with Crippen LogP contribution in [0.4, 0.5) is 0 Å². The molecule has 0 saturated carbocycles. The van der Waals surface area contributed by atoms with Crippen LogP contribution in [0.3, 0.4) is 0 Å². The second-order valence-electron chi connectivity index (χ2n) is 4.68. The molecule has 5 nitrogen and oxygen atoms in total. The van der Waals surface area contributed by atoms with E-state index in [0.29, 0.717) is 15.9 Å². The molecule has 2 aromatic heterocycles. The van der Waals surface area contributed by atoms with E-state index in [2.05, 4.69) is 22.4 Å². The summed E-state index contributed by atoms with van der Waals surface area (Å²) >= 11 is 8.76. The zero-order valence-corrected chi connectivity index (χ0v) is 14.7. The minimum absolute atomic E-state index is 0.0883. The van der Waals surface area contributed by atoms with Gasteiger partial charge in [0.1, 0.15) is 0 Å². The summed E-state index contributed by atoms with van der Waals surface area (Å²) in [4.78, 5) is 14.2. The lowest BCUT2D eigenvalue weighted by Crippen LogP contribution is -2.03. The van der Waals surface area contributed by atoms with E-state index in [9.17, 15) is 4.79 Å². The van der Waals surface area contributed by atoms with Gasteiger partial charge < -0.3 is 0 Å². The van der Waals surface area contributed by atoms with E-state index >= 15 is 0 Å². The highest BCUT2D eigenvalue weighted by atomic mass is 35.5. The number of tetrazole rings is 1. The molecule has 0 aliphatic heterocycles. The van der Waals surface area contributed by atoms with Crippen LogP contribution < -0.4 is 0 Å². The summed E-state index contributed by atoms with van der Waals surface area (Å²) in [6, 6.07) is 11.1.